The van der Waals surface area contributed by atoms with Gasteiger partial charge >= 0.3 is 0 Å². The molecule has 0 saturated carbocycles. The van der Waals surface area contributed by atoms with Crippen LogP contribution in [0.25, 0.3) is 0 Å². The number of rotatable bonds is 3. The summed E-state index contributed by atoms with van der Waals surface area (Å²) in [7, 11) is 0. The largest absolute Gasteiger partial charge is 0.335 e. The smallest absolute Gasteiger partial charge is 0.0649 e. The Morgan fingerprint density at radius 2 is 1.67 bits per heavy atom. The molecule has 18 heavy (non-hydrogen) atoms. The summed E-state index contributed by atoms with van der Waals surface area (Å²) < 4.78 is 0. The quantitative estimate of drug-likeness (QED) is 0.813. The Morgan fingerprint density at radius 3 is 2.28 bits per heavy atom. The fraction of sp³-hybridized carbons (Fsp3) is 0.308. The van der Waals surface area contributed by atoms with Crippen LogP contribution in [0.5, 0.6) is 0 Å². The molecule has 1 unspecified atom stereocenters. The average Bonchev–Trinajstić information content (AvgIpc) is 2.29. The van der Waals surface area contributed by atoms with Gasteiger partial charge in [-0.3, -0.25) is 19.9 Å². The fourth-order valence-corrected chi connectivity index (χ4v) is 1.53. The van der Waals surface area contributed by atoms with E-state index in [0.717, 1.165) is 22.8 Å². The molecule has 0 aliphatic rings. The standard InChI is InChI=1S/C13H15N4.Zr/c1-9(2)13-8-15-7-12(17-13)4-11-6-14-5-10(3)16-11;/h5-9H,1,4H2,2-3H3;/q-1;. The van der Waals surface area contributed by atoms with Crippen LogP contribution in [-0.2, 0) is 32.6 Å². The average molecular weight is 319 g/mol. The number of hydrogen-bond donors (Lipinski definition) is 0. The van der Waals surface area contributed by atoms with E-state index in [4.69, 9.17) is 0 Å². The van der Waals surface area contributed by atoms with Gasteiger partial charge in [-0.05, 0) is 6.92 Å². The minimum atomic E-state index is 0. The fourth-order valence-electron chi connectivity index (χ4n) is 1.53. The van der Waals surface area contributed by atoms with E-state index in [1.807, 2.05) is 13.8 Å². The van der Waals surface area contributed by atoms with Crippen LogP contribution in [0, 0.1) is 13.8 Å². The van der Waals surface area contributed by atoms with E-state index in [-0.39, 0.29) is 32.1 Å². The second-order valence-corrected chi connectivity index (χ2v) is 4.16. The molecule has 0 aliphatic carbocycles. The Morgan fingerprint density at radius 1 is 1.06 bits per heavy atom. The first kappa shape index (κ1) is 15.1. The first-order chi connectivity index (χ1) is 8.15. The summed E-state index contributed by atoms with van der Waals surface area (Å²) in [5.74, 6) is 0.144. The van der Waals surface area contributed by atoms with Gasteiger partial charge in [0.05, 0.1) is 17.1 Å². The second kappa shape index (κ2) is 6.84. The van der Waals surface area contributed by atoms with Crippen molar-refractivity contribution < 1.29 is 26.2 Å². The zero-order valence-corrected chi connectivity index (χ0v) is 13.0. The Kier molecular flexibility index (Phi) is 5.74. The van der Waals surface area contributed by atoms with E-state index in [0.29, 0.717) is 6.42 Å². The molecule has 5 heteroatoms. The molecule has 2 heterocycles. The van der Waals surface area contributed by atoms with Crippen LogP contribution in [0.15, 0.2) is 24.8 Å². The maximum absolute atomic E-state index is 4.50. The first-order valence-electron chi connectivity index (χ1n) is 5.56. The number of aryl methyl sites for hydroxylation is 1. The van der Waals surface area contributed by atoms with Gasteiger partial charge in [-0.25, -0.2) is 0 Å². The van der Waals surface area contributed by atoms with Crippen molar-refractivity contribution in [3.63, 3.8) is 0 Å². The van der Waals surface area contributed by atoms with Gasteiger partial charge in [-0.2, -0.15) is 0 Å². The van der Waals surface area contributed by atoms with Gasteiger partial charge in [-0.15, -0.1) is 5.92 Å². The van der Waals surface area contributed by atoms with Crippen molar-refractivity contribution in [1.29, 1.82) is 0 Å². The summed E-state index contributed by atoms with van der Waals surface area (Å²) in [6, 6.07) is 0. The Balaban J connectivity index is 0.00000162. The van der Waals surface area contributed by atoms with Crippen molar-refractivity contribution in [3.8, 4) is 0 Å². The van der Waals surface area contributed by atoms with Gasteiger partial charge in [0.2, 0.25) is 0 Å². The molecule has 0 spiro atoms. The third-order valence-corrected chi connectivity index (χ3v) is 2.38. The van der Waals surface area contributed by atoms with Gasteiger partial charge < -0.3 is 6.92 Å². The minimum Gasteiger partial charge on any atom is -0.335 e. The molecule has 0 N–H and O–H groups in total. The van der Waals surface area contributed by atoms with Crippen LogP contribution in [0.3, 0.4) is 0 Å². The topological polar surface area (TPSA) is 51.6 Å². The summed E-state index contributed by atoms with van der Waals surface area (Å²) in [5.41, 5.74) is 3.63. The van der Waals surface area contributed by atoms with E-state index in [2.05, 4.69) is 26.9 Å². The molecule has 0 fully saturated rings. The van der Waals surface area contributed by atoms with Crippen LogP contribution in [0.1, 0.15) is 35.6 Å². The molecule has 0 aliphatic heterocycles. The molecule has 4 nitrogen and oxygen atoms in total. The van der Waals surface area contributed by atoms with E-state index >= 15 is 0 Å². The minimum absolute atomic E-state index is 0. The molecule has 92 valence electrons. The van der Waals surface area contributed by atoms with Crippen molar-refractivity contribution >= 4 is 0 Å². The predicted molar refractivity (Wildman–Crippen MR) is 65.4 cm³/mol. The van der Waals surface area contributed by atoms with Gasteiger partial charge in [0.15, 0.2) is 0 Å². The molecule has 0 amide bonds. The summed E-state index contributed by atoms with van der Waals surface area (Å²) in [6.07, 6.45) is 7.67. The molecular weight excluding hydrogens is 303 g/mol. The van der Waals surface area contributed by atoms with E-state index in [1.54, 1.807) is 24.8 Å². The first-order valence-corrected chi connectivity index (χ1v) is 5.56. The third-order valence-electron chi connectivity index (χ3n) is 2.38. The molecule has 1 atom stereocenters. The normalized spacial score (nSPS) is 11.7. The summed E-state index contributed by atoms with van der Waals surface area (Å²) in [6.45, 7) is 7.87. The van der Waals surface area contributed by atoms with E-state index in [1.165, 1.54) is 0 Å². The maximum atomic E-state index is 4.50. The maximum Gasteiger partial charge on any atom is 0.0649 e. The zero-order chi connectivity index (χ0) is 12.3. The molecule has 2 rings (SSSR count). The molecule has 2 aromatic rings. The van der Waals surface area contributed by atoms with E-state index in [9.17, 15) is 0 Å². The van der Waals surface area contributed by atoms with Crippen molar-refractivity contribution in [2.24, 2.45) is 0 Å². The molecule has 0 bridgehead atoms. The van der Waals surface area contributed by atoms with Gasteiger partial charge in [0.25, 0.3) is 0 Å². The van der Waals surface area contributed by atoms with Crippen LogP contribution < -0.4 is 0 Å². The molecule has 0 radical (unpaired) electrons. The van der Waals surface area contributed by atoms with Crippen LogP contribution in [0.4, 0.5) is 0 Å². The Hall–Kier alpha value is -0.957. The second-order valence-electron chi connectivity index (χ2n) is 4.16. The van der Waals surface area contributed by atoms with Crippen LogP contribution in [0.2, 0.25) is 0 Å². The summed E-state index contributed by atoms with van der Waals surface area (Å²) >= 11 is 0. The summed E-state index contributed by atoms with van der Waals surface area (Å²) in [5, 5.41) is 0. The molecule has 0 saturated heterocycles. The van der Waals surface area contributed by atoms with Crippen molar-refractivity contribution in [3.05, 3.63) is 54.5 Å². The Bertz CT molecular complexity index is 514. The van der Waals surface area contributed by atoms with Crippen molar-refractivity contribution in [1.82, 2.24) is 19.9 Å². The zero-order valence-electron chi connectivity index (χ0n) is 10.6. The Labute approximate surface area is 126 Å². The summed E-state index contributed by atoms with van der Waals surface area (Å²) in [4.78, 5) is 17.2. The van der Waals surface area contributed by atoms with Gasteiger partial charge in [0, 0.05) is 63.1 Å². The van der Waals surface area contributed by atoms with Crippen molar-refractivity contribution in [2.45, 2.75) is 26.2 Å². The molecular formula is C13H15N4Zr-. The number of aromatic nitrogens is 4. The monoisotopic (exact) mass is 317 g/mol. The van der Waals surface area contributed by atoms with E-state index < -0.39 is 0 Å². The molecule has 0 aromatic carbocycles. The SMILES string of the molecule is [CH2-]C(C)c1cncc(Cc2cncc(C)n2)n1.[Zr]. The number of hydrogen-bond acceptors (Lipinski definition) is 4. The van der Waals surface area contributed by atoms with Crippen LogP contribution >= 0.6 is 0 Å². The molecule has 2 aromatic heterocycles. The van der Waals surface area contributed by atoms with Crippen LogP contribution in [-0.4, -0.2) is 19.9 Å². The van der Waals surface area contributed by atoms with Gasteiger partial charge in [-0.1, -0.05) is 6.92 Å². The third kappa shape index (κ3) is 4.06. The predicted octanol–water partition coefficient (Wildman–Crippen LogP) is 2.10. The van der Waals surface area contributed by atoms with Crippen molar-refractivity contribution in [2.75, 3.05) is 0 Å². The number of nitrogens with zero attached hydrogens (tertiary/aromatic N) is 4. The van der Waals surface area contributed by atoms with Gasteiger partial charge in [0.1, 0.15) is 0 Å².